The summed E-state index contributed by atoms with van der Waals surface area (Å²) >= 11 is 12.8. The highest BCUT2D eigenvalue weighted by Crippen LogP contribution is 2.35. The number of hydrogen-bond donors (Lipinski definition) is 0. The van der Waals surface area contributed by atoms with E-state index in [9.17, 15) is 9.59 Å². The number of amides is 2. The maximum atomic E-state index is 12.6. The van der Waals surface area contributed by atoms with Crippen molar-refractivity contribution in [3.8, 4) is 5.75 Å². The number of ether oxygens (including phenoxy) is 1. The number of imide groups is 1. The highest BCUT2D eigenvalue weighted by Gasteiger charge is 2.35. The second-order valence-corrected chi connectivity index (χ2v) is 7.07. The predicted molar refractivity (Wildman–Crippen MR) is 101 cm³/mol. The highest BCUT2D eigenvalue weighted by molar-refractivity contribution is 8.18. The van der Waals surface area contributed by atoms with Gasteiger partial charge in [-0.3, -0.25) is 14.5 Å². The SMILES string of the molecule is COc1ccccc1C=C1SC(=O)N(Cc2ccc(Cl)c(Cl)c2)C1=O. The predicted octanol–water partition coefficient (Wildman–Crippen LogP) is 5.24. The molecule has 2 amide bonds. The van der Waals surface area contributed by atoms with Gasteiger partial charge >= 0.3 is 0 Å². The molecule has 0 bridgehead atoms. The summed E-state index contributed by atoms with van der Waals surface area (Å²) in [6.45, 7) is 0.144. The van der Waals surface area contributed by atoms with Gasteiger partial charge in [-0.1, -0.05) is 47.5 Å². The monoisotopic (exact) mass is 393 g/mol. The number of halogens is 2. The number of carbonyl (C=O) groups excluding carboxylic acids is 2. The molecule has 1 saturated heterocycles. The quantitative estimate of drug-likeness (QED) is 0.666. The van der Waals surface area contributed by atoms with E-state index < -0.39 is 0 Å². The van der Waals surface area contributed by atoms with Gasteiger partial charge in [0.05, 0.1) is 28.6 Å². The Labute approximate surface area is 159 Å². The summed E-state index contributed by atoms with van der Waals surface area (Å²) in [4.78, 5) is 26.4. The van der Waals surface area contributed by atoms with Gasteiger partial charge in [-0.2, -0.15) is 0 Å². The Balaban J connectivity index is 1.84. The van der Waals surface area contributed by atoms with Crippen molar-refractivity contribution in [3.05, 3.63) is 68.5 Å². The topological polar surface area (TPSA) is 46.6 Å². The summed E-state index contributed by atoms with van der Waals surface area (Å²) in [7, 11) is 1.56. The average Bonchev–Trinajstić information content (AvgIpc) is 2.86. The summed E-state index contributed by atoms with van der Waals surface area (Å²) in [6, 6.07) is 12.3. The summed E-state index contributed by atoms with van der Waals surface area (Å²) in [5.41, 5.74) is 1.47. The Hall–Kier alpha value is -1.95. The van der Waals surface area contributed by atoms with Crippen molar-refractivity contribution in [1.82, 2.24) is 4.90 Å². The van der Waals surface area contributed by atoms with Crippen molar-refractivity contribution >= 4 is 52.2 Å². The van der Waals surface area contributed by atoms with Crippen LogP contribution in [0.3, 0.4) is 0 Å². The summed E-state index contributed by atoms with van der Waals surface area (Å²) < 4.78 is 5.27. The van der Waals surface area contributed by atoms with Crippen LogP contribution in [-0.2, 0) is 11.3 Å². The Morgan fingerprint density at radius 3 is 2.60 bits per heavy atom. The minimum absolute atomic E-state index is 0.144. The van der Waals surface area contributed by atoms with E-state index in [0.717, 1.165) is 22.9 Å². The van der Waals surface area contributed by atoms with E-state index in [-0.39, 0.29) is 17.7 Å². The summed E-state index contributed by atoms with van der Waals surface area (Å²) in [5.74, 6) is 0.297. The third-order valence-electron chi connectivity index (χ3n) is 3.62. The largest absolute Gasteiger partial charge is 0.496 e. The second-order valence-electron chi connectivity index (χ2n) is 5.26. The molecule has 0 radical (unpaired) electrons. The molecule has 1 aliphatic heterocycles. The second kappa shape index (κ2) is 7.52. The lowest BCUT2D eigenvalue weighted by Crippen LogP contribution is -2.27. The van der Waals surface area contributed by atoms with Crippen molar-refractivity contribution in [2.75, 3.05) is 7.11 Å². The lowest BCUT2D eigenvalue weighted by molar-refractivity contribution is -0.123. The molecule has 0 saturated carbocycles. The van der Waals surface area contributed by atoms with E-state index in [0.29, 0.717) is 20.7 Å². The first kappa shape index (κ1) is 17.9. The molecule has 0 aliphatic carbocycles. The highest BCUT2D eigenvalue weighted by atomic mass is 35.5. The number of rotatable bonds is 4. The number of hydrogen-bond acceptors (Lipinski definition) is 4. The molecule has 0 unspecified atom stereocenters. The van der Waals surface area contributed by atoms with Crippen molar-refractivity contribution in [3.63, 3.8) is 0 Å². The average molecular weight is 394 g/mol. The zero-order chi connectivity index (χ0) is 18.0. The molecular formula is C18H13Cl2NO3S. The Kier molecular flexibility index (Phi) is 5.37. The lowest BCUT2D eigenvalue weighted by Gasteiger charge is -2.13. The number of para-hydroxylation sites is 1. The molecule has 1 fully saturated rings. The van der Waals surface area contributed by atoms with Crippen LogP contribution in [0.25, 0.3) is 6.08 Å². The molecule has 2 aromatic carbocycles. The van der Waals surface area contributed by atoms with Crippen LogP contribution < -0.4 is 4.74 Å². The molecule has 2 aromatic rings. The van der Waals surface area contributed by atoms with Crippen molar-refractivity contribution in [2.24, 2.45) is 0 Å². The van der Waals surface area contributed by atoms with E-state index in [1.54, 1.807) is 37.5 Å². The molecule has 7 heteroatoms. The number of benzene rings is 2. The van der Waals surface area contributed by atoms with Crippen LogP contribution >= 0.6 is 35.0 Å². The molecule has 0 atom stereocenters. The molecule has 25 heavy (non-hydrogen) atoms. The van der Waals surface area contributed by atoms with E-state index >= 15 is 0 Å². The summed E-state index contributed by atoms with van der Waals surface area (Å²) in [5, 5.41) is 0.489. The number of thioether (sulfide) groups is 1. The van der Waals surface area contributed by atoms with Gasteiger partial charge in [0, 0.05) is 5.56 Å². The van der Waals surface area contributed by atoms with Gasteiger partial charge in [-0.05, 0) is 41.6 Å². The van der Waals surface area contributed by atoms with Crippen LogP contribution in [0.4, 0.5) is 4.79 Å². The first-order valence-corrected chi connectivity index (χ1v) is 8.89. The van der Waals surface area contributed by atoms with Gasteiger partial charge in [0.1, 0.15) is 5.75 Å². The molecule has 0 aromatic heterocycles. The number of nitrogens with zero attached hydrogens (tertiary/aromatic N) is 1. The van der Waals surface area contributed by atoms with E-state index in [1.807, 2.05) is 18.2 Å². The van der Waals surface area contributed by atoms with E-state index in [1.165, 1.54) is 4.90 Å². The minimum Gasteiger partial charge on any atom is -0.496 e. The molecule has 0 spiro atoms. The zero-order valence-electron chi connectivity index (χ0n) is 13.2. The molecule has 3 rings (SSSR count). The van der Waals surface area contributed by atoms with Crippen LogP contribution in [0.5, 0.6) is 5.75 Å². The van der Waals surface area contributed by atoms with E-state index in [2.05, 4.69) is 0 Å². The van der Waals surface area contributed by atoms with Crippen LogP contribution in [0.2, 0.25) is 10.0 Å². The Morgan fingerprint density at radius 1 is 1.12 bits per heavy atom. The van der Waals surface area contributed by atoms with Gasteiger partial charge in [-0.15, -0.1) is 0 Å². The van der Waals surface area contributed by atoms with Crippen LogP contribution in [0.15, 0.2) is 47.4 Å². The lowest BCUT2D eigenvalue weighted by atomic mass is 10.1. The Morgan fingerprint density at radius 2 is 1.88 bits per heavy atom. The van der Waals surface area contributed by atoms with Gasteiger partial charge in [-0.25, -0.2) is 0 Å². The zero-order valence-corrected chi connectivity index (χ0v) is 15.5. The minimum atomic E-state index is -0.341. The van der Waals surface area contributed by atoms with Crippen molar-refractivity contribution < 1.29 is 14.3 Å². The Bertz CT molecular complexity index is 882. The fourth-order valence-corrected chi connectivity index (χ4v) is 3.53. The van der Waals surface area contributed by atoms with Gasteiger partial charge < -0.3 is 4.74 Å². The van der Waals surface area contributed by atoms with Gasteiger partial charge in [0.15, 0.2) is 0 Å². The fraction of sp³-hybridized carbons (Fsp3) is 0.111. The van der Waals surface area contributed by atoms with E-state index in [4.69, 9.17) is 27.9 Å². The van der Waals surface area contributed by atoms with Crippen LogP contribution in [0, 0.1) is 0 Å². The number of carbonyl (C=O) groups is 2. The fourth-order valence-electron chi connectivity index (χ4n) is 2.38. The number of methoxy groups -OCH3 is 1. The van der Waals surface area contributed by atoms with Crippen LogP contribution in [0.1, 0.15) is 11.1 Å². The molecular weight excluding hydrogens is 381 g/mol. The molecule has 1 aliphatic rings. The smallest absolute Gasteiger partial charge is 0.293 e. The van der Waals surface area contributed by atoms with Crippen LogP contribution in [-0.4, -0.2) is 23.2 Å². The molecule has 128 valence electrons. The standard InChI is InChI=1S/C18H13Cl2NO3S/c1-24-15-5-3-2-4-12(15)9-16-17(22)21(18(23)25-16)10-11-6-7-13(19)14(20)8-11/h2-9H,10H2,1H3. The normalized spacial score (nSPS) is 16.0. The molecule has 4 nitrogen and oxygen atoms in total. The molecule has 1 heterocycles. The maximum Gasteiger partial charge on any atom is 0.293 e. The first-order valence-electron chi connectivity index (χ1n) is 7.32. The van der Waals surface area contributed by atoms with Crippen molar-refractivity contribution in [2.45, 2.75) is 6.54 Å². The van der Waals surface area contributed by atoms with Gasteiger partial charge in [0.2, 0.25) is 0 Å². The molecule has 0 N–H and O–H groups in total. The first-order chi connectivity index (χ1) is 12.0. The summed E-state index contributed by atoms with van der Waals surface area (Å²) in [6.07, 6.45) is 1.67. The third-order valence-corrected chi connectivity index (χ3v) is 5.27. The third kappa shape index (κ3) is 3.84. The van der Waals surface area contributed by atoms with Gasteiger partial charge in [0.25, 0.3) is 11.1 Å². The van der Waals surface area contributed by atoms with Crippen molar-refractivity contribution in [1.29, 1.82) is 0 Å². The maximum absolute atomic E-state index is 12.6.